The molecule has 8 nitrogen and oxygen atoms in total. The molecule has 2 saturated carbocycles. The average Bonchev–Trinajstić information content (AvgIpc) is 3.21. The molecule has 0 radical (unpaired) electrons. The molecule has 1 N–H and O–H groups in total. The lowest BCUT2D eigenvalue weighted by atomic mass is 9.92. The molecule has 0 amide bonds. The van der Waals surface area contributed by atoms with Crippen LogP contribution in [0.3, 0.4) is 0 Å². The molecule has 2 unspecified atom stereocenters. The molecule has 3 fully saturated rings. The summed E-state index contributed by atoms with van der Waals surface area (Å²) in [4.78, 5) is 21.7. The van der Waals surface area contributed by atoms with Crippen LogP contribution in [0.25, 0.3) is 11.0 Å². The van der Waals surface area contributed by atoms with Crippen LogP contribution < -0.4 is 10.9 Å². The van der Waals surface area contributed by atoms with Gasteiger partial charge in [-0.3, -0.25) is 9.36 Å². The molecule has 11 heteroatoms. The molecule has 0 bridgehead atoms. The Balaban J connectivity index is 1.47. The lowest BCUT2D eigenvalue weighted by molar-refractivity contribution is 0.148. The van der Waals surface area contributed by atoms with Crippen LogP contribution in [0.15, 0.2) is 17.1 Å². The number of halogens is 2. The fourth-order valence-electron chi connectivity index (χ4n) is 4.91. The monoisotopic (exact) mass is 439 g/mol. The smallest absolute Gasteiger partial charge is 0.269 e. The quantitative estimate of drug-likeness (QED) is 0.766. The highest BCUT2D eigenvalue weighted by atomic mass is 32.2. The van der Waals surface area contributed by atoms with Gasteiger partial charge in [0.2, 0.25) is 16.0 Å². The lowest BCUT2D eigenvalue weighted by Crippen LogP contribution is -2.42. The van der Waals surface area contributed by atoms with E-state index in [1.165, 1.54) is 27.4 Å². The second-order valence-corrected chi connectivity index (χ2v) is 10.6. The highest BCUT2D eigenvalue weighted by Gasteiger charge is 2.63. The molecule has 30 heavy (non-hydrogen) atoms. The van der Waals surface area contributed by atoms with E-state index in [4.69, 9.17) is 0 Å². The first-order valence-electron chi connectivity index (χ1n) is 10.1. The van der Waals surface area contributed by atoms with Gasteiger partial charge in [-0.2, -0.15) is 4.98 Å². The van der Waals surface area contributed by atoms with Crippen molar-refractivity contribution in [3.05, 3.63) is 28.2 Å². The average molecular weight is 439 g/mol. The lowest BCUT2D eigenvalue weighted by Gasteiger charge is -2.31. The molecule has 0 aromatic carbocycles. The van der Waals surface area contributed by atoms with Gasteiger partial charge in [0.25, 0.3) is 12.0 Å². The largest absolute Gasteiger partial charge is 0.351 e. The van der Waals surface area contributed by atoms with Gasteiger partial charge in [-0.15, -0.1) is 0 Å². The Morgan fingerprint density at radius 1 is 1.27 bits per heavy atom. The van der Waals surface area contributed by atoms with Crippen LogP contribution in [0, 0.1) is 5.92 Å². The summed E-state index contributed by atoms with van der Waals surface area (Å²) in [6.45, 7) is 0.828. The van der Waals surface area contributed by atoms with Crippen molar-refractivity contribution < 1.29 is 17.2 Å². The molecule has 1 saturated heterocycles. The van der Waals surface area contributed by atoms with Crippen molar-refractivity contribution >= 4 is 27.0 Å². The van der Waals surface area contributed by atoms with Crippen LogP contribution in [0.2, 0.25) is 0 Å². The number of hydrogen-bond acceptors (Lipinski definition) is 6. The Morgan fingerprint density at radius 2 is 2.00 bits per heavy atom. The number of fused-ring (bicyclic) bond motifs is 2. The van der Waals surface area contributed by atoms with Crippen LogP contribution in [0.4, 0.5) is 14.7 Å². The second-order valence-electron chi connectivity index (χ2n) is 8.64. The number of pyridine rings is 1. The fourth-order valence-corrected chi connectivity index (χ4v) is 5.78. The van der Waals surface area contributed by atoms with E-state index in [0.717, 1.165) is 19.3 Å². The SMILES string of the molecule is CS(=O)(=O)N1CCC(Nc2ncc3cc(C(F)F)c(=O)n(C45CCC4C5)c3n2)CC1. The van der Waals surface area contributed by atoms with E-state index in [1.54, 1.807) is 0 Å². The third-order valence-electron chi connectivity index (χ3n) is 6.83. The van der Waals surface area contributed by atoms with Gasteiger partial charge in [0.05, 0.1) is 17.4 Å². The van der Waals surface area contributed by atoms with Crippen molar-refractivity contribution in [3.8, 4) is 0 Å². The first-order chi connectivity index (χ1) is 14.2. The summed E-state index contributed by atoms with van der Waals surface area (Å²) < 4.78 is 53.2. The van der Waals surface area contributed by atoms with Crippen LogP contribution >= 0.6 is 0 Å². The van der Waals surface area contributed by atoms with E-state index in [-0.39, 0.29) is 11.6 Å². The van der Waals surface area contributed by atoms with Crippen LogP contribution in [-0.4, -0.2) is 52.6 Å². The van der Waals surface area contributed by atoms with Gasteiger partial charge in [-0.25, -0.2) is 26.5 Å². The van der Waals surface area contributed by atoms with Gasteiger partial charge in [0.15, 0.2) is 0 Å². The zero-order valence-electron chi connectivity index (χ0n) is 16.5. The zero-order valence-corrected chi connectivity index (χ0v) is 17.3. The highest BCUT2D eigenvalue weighted by Crippen LogP contribution is 2.65. The zero-order chi connectivity index (χ0) is 21.3. The molecule has 1 aliphatic heterocycles. The van der Waals surface area contributed by atoms with Crippen LogP contribution in [0.5, 0.6) is 0 Å². The first kappa shape index (κ1) is 19.8. The number of aromatic nitrogens is 3. The van der Waals surface area contributed by atoms with Gasteiger partial charge < -0.3 is 5.32 Å². The van der Waals surface area contributed by atoms with Crippen molar-refractivity contribution in [2.24, 2.45) is 5.92 Å². The predicted octanol–water partition coefficient (Wildman–Crippen LogP) is 2.07. The standard InChI is InChI=1S/C19H23F2N5O3S/c1-30(28,29)25-6-3-13(4-7-25)23-18-22-10-11-8-14(15(20)21)17(27)26(16(11)24-18)19-5-2-12(19)9-19/h8,10,12-13,15H,2-7,9H2,1H3,(H,22,23,24). The summed E-state index contributed by atoms with van der Waals surface area (Å²) in [7, 11) is -3.21. The molecular weight excluding hydrogens is 416 g/mol. The van der Waals surface area contributed by atoms with Crippen molar-refractivity contribution in [3.63, 3.8) is 0 Å². The van der Waals surface area contributed by atoms with Gasteiger partial charge in [-0.1, -0.05) is 0 Å². The Labute approximate surface area is 172 Å². The fraction of sp³-hybridized carbons (Fsp3) is 0.632. The van der Waals surface area contributed by atoms with Gasteiger partial charge in [-0.05, 0) is 44.1 Å². The molecular formula is C19H23F2N5O3S. The number of alkyl halides is 2. The summed E-state index contributed by atoms with van der Waals surface area (Å²) >= 11 is 0. The van der Waals surface area contributed by atoms with Crippen LogP contribution in [-0.2, 0) is 15.6 Å². The second kappa shape index (κ2) is 6.68. The molecule has 5 rings (SSSR count). The summed E-state index contributed by atoms with van der Waals surface area (Å²) in [5, 5.41) is 3.65. The maximum Gasteiger partial charge on any atom is 0.269 e. The topological polar surface area (TPSA) is 97.2 Å². The number of anilines is 1. The van der Waals surface area contributed by atoms with E-state index >= 15 is 0 Å². The van der Waals surface area contributed by atoms with Crippen molar-refractivity contribution in [1.29, 1.82) is 0 Å². The van der Waals surface area contributed by atoms with E-state index in [0.29, 0.717) is 48.8 Å². The maximum absolute atomic E-state index is 13.5. The number of rotatable bonds is 5. The molecule has 3 aliphatic rings. The molecule has 2 aromatic heterocycles. The number of nitrogens with zero attached hydrogens (tertiary/aromatic N) is 4. The number of hydrogen-bond donors (Lipinski definition) is 1. The predicted molar refractivity (Wildman–Crippen MR) is 107 cm³/mol. The Bertz CT molecular complexity index is 1170. The molecule has 2 aromatic rings. The summed E-state index contributed by atoms with van der Waals surface area (Å²) in [5.74, 6) is 0.684. The minimum absolute atomic E-state index is 0.00324. The molecule has 162 valence electrons. The van der Waals surface area contributed by atoms with Gasteiger partial charge in [0, 0.05) is 30.7 Å². The molecule has 0 spiro atoms. The Morgan fingerprint density at radius 3 is 2.53 bits per heavy atom. The number of piperidine rings is 1. The summed E-state index contributed by atoms with van der Waals surface area (Å²) in [6, 6.07) is 1.19. The van der Waals surface area contributed by atoms with Crippen molar-refractivity contribution in [2.75, 3.05) is 24.7 Å². The van der Waals surface area contributed by atoms with E-state index in [1.807, 2.05) is 0 Å². The van der Waals surface area contributed by atoms with Gasteiger partial charge >= 0.3 is 0 Å². The number of nitrogens with one attached hydrogen (secondary N) is 1. The van der Waals surface area contributed by atoms with Crippen molar-refractivity contribution in [1.82, 2.24) is 18.8 Å². The third kappa shape index (κ3) is 3.09. The minimum atomic E-state index is -3.21. The molecule has 3 heterocycles. The third-order valence-corrected chi connectivity index (χ3v) is 8.13. The maximum atomic E-state index is 13.5. The molecule has 2 aliphatic carbocycles. The molecule has 2 atom stereocenters. The van der Waals surface area contributed by atoms with Crippen molar-refractivity contribution in [2.45, 2.75) is 50.1 Å². The minimum Gasteiger partial charge on any atom is -0.351 e. The van der Waals surface area contributed by atoms with Crippen LogP contribution in [0.1, 0.15) is 44.1 Å². The van der Waals surface area contributed by atoms with E-state index in [2.05, 4.69) is 15.3 Å². The summed E-state index contributed by atoms with van der Waals surface area (Å²) in [6.07, 6.45) is 3.67. The normalized spacial score (nSPS) is 27.1. The van der Waals surface area contributed by atoms with E-state index < -0.39 is 27.6 Å². The highest BCUT2D eigenvalue weighted by molar-refractivity contribution is 7.88. The number of sulfonamides is 1. The Kier molecular flexibility index (Phi) is 4.41. The summed E-state index contributed by atoms with van der Waals surface area (Å²) in [5.41, 5.74) is -1.15. The van der Waals surface area contributed by atoms with E-state index in [9.17, 15) is 22.0 Å². The van der Waals surface area contributed by atoms with Gasteiger partial charge in [0.1, 0.15) is 5.65 Å². The first-order valence-corrected chi connectivity index (χ1v) is 12.0. The Hall–Kier alpha value is -2.14.